The number of carbonyl (C=O) groups is 1. The van der Waals surface area contributed by atoms with Crippen LogP contribution in [0.4, 0.5) is 0 Å². The molecule has 0 aromatic carbocycles. The number of carbonyl (C=O) groups excluding carboxylic acids is 1. The van der Waals surface area contributed by atoms with Gasteiger partial charge in [-0.25, -0.2) is 13.4 Å². The highest BCUT2D eigenvalue weighted by atomic mass is 32.2. The van der Waals surface area contributed by atoms with Gasteiger partial charge in [-0.3, -0.25) is 9.89 Å². The first kappa shape index (κ1) is 14.3. The molecule has 1 amide bonds. The summed E-state index contributed by atoms with van der Waals surface area (Å²) in [6, 6.07) is 0. The van der Waals surface area contributed by atoms with E-state index in [9.17, 15) is 13.2 Å². The molecule has 7 nitrogen and oxygen atoms in total. The summed E-state index contributed by atoms with van der Waals surface area (Å²) >= 11 is 1.42. The van der Waals surface area contributed by atoms with Gasteiger partial charge in [-0.2, -0.15) is 5.10 Å². The van der Waals surface area contributed by atoms with Crippen LogP contribution in [0.3, 0.4) is 0 Å². The van der Waals surface area contributed by atoms with Gasteiger partial charge in [-0.15, -0.1) is 11.8 Å². The number of nitrogens with one attached hydrogen (secondary N) is 2. The van der Waals surface area contributed by atoms with E-state index < -0.39 is 9.84 Å². The molecule has 0 saturated carbocycles. The summed E-state index contributed by atoms with van der Waals surface area (Å²) < 4.78 is 22.5. The number of nitrogens with zero attached hydrogens (tertiary/aromatic N) is 2. The van der Waals surface area contributed by atoms with Crippen LogP contribution < -0.4 is 5.32 Å². The van der Waals surface area contributed by atoms with Crippen LogP contribution >= 0.6 is 11.8 Å². The quantitative estimate of drug-likeness (QED) is 0.726. The monoisotopic (exact) mass is 304 g/mol. The molecule has 0 radical (unpaired) electrons. The molecule has 0 spiro atoms. The Balaban J connectivity index is 1.60. The highest BCUT2D eigenvalue weighted by Crippen LogP contribution is 2.23. The molecule has 0 aliphatic carbocycles. The van der Waals surface area contributed by atoms with Gasteiger partial charge in [0.2, 0.25) is 5.91 Å². The van der Waals surface area contributed by atoms with E-state index in [1.165, 1.54) is 18.1 Å². The summed E-state index contributed by atoms with van der Waals surface area (Å²) in [7, 11) is -2.86. The van der Waals surface area contributed by atoms with Gasteiger partial charge in [-0.05, 0) is 6.42 Å². The third kappa shape index (κ3) is 4.83. The Morgan fingerprint density at radius 3 is 3.05 bits per heavy atom. The SMILES string of the molecule is O=C(CSC1CCS(=O)(=O)C1)NCCc1ncn[nH]1. The van der Waals surface area contributed by atoms with E-state index in [4.69, 9.17) is 0 Å². The first-order valence-electron chi connectivity index (χ1n) is 5.98. The van der Waals surface area contributed by atoms with Gasteiger partial charge >= 0.3 is 0 Å². The molecule has 2 N–H and O–H groups in total. The zero-order valence-corrected chi connectivity index (χ0v) is 12.0. The fourth-order valence-electron chi connectivity index (χ4n) is 1.81. The zero-order valence-electron chi connectivity index (χ0n) is 10.3. The van der Waals surface area contributed by atoms with Crippen LogP contribution in [0.15, 0.2) is 6.33 Å². The Morgan fingerprint density at radius 1 is 1.58 bits per heavy atom. The number of aromatic amines is 1. The highest BCUT2D eigenvalue weighted by molar-refractivity contribution is 8.02. The first-order valence-corrected chi connectivity index (χ1v) is 8.85. The van der Waals surface area contributed by atoms with Gasteiger partial charge in [0.05, 0.1) is 17.3 Å². The zero-order chi connectivity index (χ0) is 13.7. The summed E-state index contributed by atoms with van der Waals surface area (Å²) in [5.41, 5.74) is 0. The maximum absolute atomic E-state index is 11.6. The van der Waals surface area contributed by atoms with Crippen molar-refractivity contribution < 1.29 is 13.2 Å². The van der Waals surface area contributed by atoms with Crippen molar-refractivity contribution in [1.29, 1.82) is 0 Å². The van der Waals surface area contributed by atoms with E-state index in [2.05, 4.69) is 20.5 Å². The third-order valence-corrected chi connectivity index (χ3v) is 6.07. The number of hydrogen-bond acceptors (Lipinski definition) is 6. The Labute approximate surface area is 115 Å². The van der Waals surface area contributed by atoms with Crippen LogP contribution in [0.5, 0.6) is 0 Å². The lowest BCUT2D eigenvalue weighted by Gasteiger charge is -2.07. The standard InChI is InChI=1S/C10H16N4O3S2/c15-10(11-3-1-9-12-7-13-14-9)5-18-8-2-4-19(16,17)6-8/h7-8H,1-6H2,(H,11,15)(H,12,13,14). The molecule has 19 heavy (non-hydrogen) atoms. The second-order valence-corrected chi connectivity index (χ2v) is 7.89. The average molecular weight is 304 g/mol. The average Bonchev–Trinajstić information content (AvgIpc) is 2.96. The van der Waals surface area contributed by atoms with Crippen LogP contribution in [-0.4, -0.2) is 58.6 Å². The molecule has 1 aromatic rings. The number of sulfone groups is 1. The van der Waals surface area contributed by atoms with Crippen LogP contribution in [0.25, 0.3) is 0 Å². The molecule has 1 atom stereocenters. The minimum atomic E-state index is -2.86. The van der Waals surface area contributed by atoms with E-state index in [1.807, 2.05) is 0 Å². The number of amides is 1. The van der Waals surface area contributed by atoms with E-state index in [0.717, 1.165) is 5.82 Å². The van der Waals surface area contributed by atoms with Crippen LogP contribution in [0.2, 0.25) is 0 Å². The fraction of sp³-hybridized carbons (Fsp3) is 0.700. The molecule has 0 bridgehead atoms. The predicted molar refractivity (Wildman–Crippen MR) is 72.6 cm³/mol. The molecular formula is C10H16N4O3S2. The molecule has 106 valence electrons. The van der Waals surface area contributed by atoms with E-state index in [1.54, 1.807) is 0 Å². The number of aromatic nitrogens is 3. The third-order valence-electron chi connectivity index (χ3n) is 2.79. The van der Waals surface area contributed by atoms with Crippen LogP contribution in [-0.2, 0) is 21.1 Å². The molecule has 2 heterocycles. The molecule has 1 saturated heterocycles. The van der Waals surface area contributed by atoms with E-state index >= 15 is 0 Å². The molecule has 1 fully saturated rings. The van der Waals surface area contributed by atoms with Gasteiger partial charge < -0.3 is 5.32 Å². The number of H-pyrrole nitrogens is 1. The van der Waals surface area contributed by atoms with Crippen molar-refractivity contribution in [3.8, 4) is 0 Å². The second-order valence-electron chi connectivity index (χ2n) is 4.37. The predicted octanol–water partition coefficient (Wildman–Crippen LogP) is -0.616. The molecule has 1 aliphatic rings. The first-order chi connectivity index (χ1) is 9.05. The van der Waals surface area contributed by atoms with E-state index in [-0.39, 0.29) is 22.7 Å². The van der Waals surface area contributed by atoms with Crippen molar-refractivity contribution in [3.63, 3.8) is 0 Å². The second kappa shape index (κ2) is 6.38. The Morgan fingerprint density at radius 2 is 2.42 bits per heavy atom. The van der Waals surface area contributed by atoms with Gasteiger partial charge in [0.1, 0.15) is 12.2 Å². The van der Waals surface area contributed by atoms with Crippen LogP contribution in [0.1, 0.15) is 12.2 Å². The highest BCUT2D eigenvalue weighted by Gasteiger charge is 2.28. The smallest absolute Gasteiger partial charge is 0.230 e. The lowest BCUT2D eigenvalue weighted by Crippen LogP contribution is -2.28. The van der Waals surface area contributed by atoms with Gasteiger partial charge in [0.15, 0.2) is 9.84 Å². The lowest BCUT2D eigenvalue weighted by atomic mass is 10.4. The Bertz CT molecular complexity index is 515. The molecular weight excluding hydrogens is 288 g/mol. The number of thioether (sulfide) groups is 1. The van der Waals surface area contributed by atoms with Crippen molar-refractivity contribution in [2.24, 2.45) is 0 Å². The van der Waals surface area contributed by atoms with Crippen molar-refractivity contribution >= 4 is 27.5 Å². The molecule has 9 heteroatoms. The van der Waals surface area contributed by atoms with Crippen LogP contribution in [0, 0.1) is 0 Å². The van der Waals surface area contributed by atoms with Crippen molar-refractivity contribution in [3.05, 3.63) is 12.2 Å². The lowest BCUT2D eigenvalue weighted by molar-refractivity contribution is -0.118. The summed E-state index contributed by atoms with van der Waals surface area (Å²) in [5.74, 6) is 1.40. The minimum absolute atomic E-state index is 0.0602. The summed E-state index contributed by atoms with van der Waals surface area (Å²) in [6.45, 7) is 0.498. The Kier molecular flexibility index (Phi) is 4.81. The van der Waals surface area contributed by atoms with E-state index in [0.29, 0.717) is 25.1 Å². The van der Waals surface area contributed by atoms with Gasteiger partial charge in [0.25, 0.3) is 0 Å². The van der Waals surface area contributed by atoms with Crippen molar-refractivity contribution in [2.45, 2.75) is 18.1 Å². The molecule has 1 unspecified atom stereocenters. The van der Waals surface area contributed by atoms with Crippen molar-refractivity contribution in [2.75, 3.05) is 23.8 Å². The molecule has 1 aromatic heterocycles. The molecule has 2 rings (SSSR count). The topological polar surface area (TPSA) is 105 Å². The van der Waals surface area contributed by atoms with Crippen molar-refractivity contribution in [1.82, 2.24) is 20.5 Å². The Hall–Kier alpha value is -1.09. The number of hydrogen-bond donors (Lipinski definition) is 2. The van der Waals surface area contributed by atoms with Gasteiger partial charge in [0, 0.05) is 18.2 Å². The molecule has 1 aliphatic heterocycles. The summed E-state index contributed by atoms with van der Waals surface area (Å²) in [4.78, 5) is 15.5. The normalized spacial score (nSPS) is 21.4. The summed E-state index contributed by atoms with van der Waals surface area (Å²) in [6.07, 6.45) is 2.68. The maximum atomic E-state index is 11.6. The largest absolute Gasteiger partial charge is 0.355 e. The number of rotatable bonds is 6. The maximum Gasteiger partial charge on any atom is 0.230 e. The van der Waals surface area contributed by atoms with Gasteiger partial charge in [-0.1, -0.05) is 0 Å². The fourth-order valence-corrected chi connectivity index (χ4v) is 5.28. The summed E-state index contributed by atoms with van der Waals surface area (Å²) in [5, 5.41) is 9.25. The minimum Gasteiger partial charge on any atom is -0.355 e.